The molecule has 0 aromatic carbocycles. The summed E-state index contributed by atoms with van der Waals surface area (Å²) in [5.74, 6) is 0. The number of hydrogen-bond acceptors (Lipinski definition) is 2. The van der Waals surface area contributed by atoms with Crippen LogP contribution in [-0.4, -0.2) is 11.5 Å². The van der Waals surface area contributed by atoms with E-state index in [9.17, 15) is 0 Å². The van der Waals surface area contributed by atoms with Crippen molar-refractivity contribution in [1.29, 1.82) is 0 Å². The highest BCUT2D eigenvalue weighted by atomic mass is 14.9. The number of hydrogen-bond donors (Lipinski definition) is 1. The third-order valence-electron chi connectivity index (χ3n) is 3.79. The van der Waals surface area contributed by atoms with E-state index in [0.717, 1.165) is 6.54 Å². The Labute approximate surface area is 125 Å². The van der Waals surface area contributed by atoms with Crippen molar-refractivity contribution >= 4 is 5.69 Å². The predicted octanol–water partition coefficient (Wildman–Crippen LogP) is 5.80. The van der Waals surface area contributed by atoms with E-state index in [-0.39, 0.29) is 0 Å². The van der Waals surface area contributed by atoms with Gasteiger partial charge >= 0.3 is 0 Å². The Balaban J connectivity index is 1.77. The minimum Gasteiger partial charge on any atom is -0.385 e. The number of nitrogens with zero attached hydrogens (tertiary/aromatic N) is 1. The lowest BCUT2D eigenvalue weighted by molar-refractivity contribution is 0.552. The summed E-state index contributed by atoms with van der Waals surface area (Å²) < 4.78 is 0. The maximum atomic E-state index is 4.01. The van der Waals surface area contributed by atoms with Crippen molar-refractivity contribution in [1.82, 2.24) is 4.98 Å². The second kappa shape index (κ2) is 13.0. The number of rotatable bonds is 13. The van der Waals surface area contributed by atoms with Crippen LogP contribution >= 0.6 is 0 Å². The molecule has 0 aliphatic carbocycles. The van der Waals surface area contributed by atoms with Crippen LogP contribution in [0, 0.1) is 0 Å². The number of unbranched alkanes of at least 4 members (excludes halogenated alkanes) is 10. The van der Waals surface area contributed by atoms with E-state index < -0.39 is 0 Å². The maximum Gasteiger partial charge on any atom is 0.0371 e. The fourth-order valence-corrected chi connectivity index (χ4v) is 2.49. The van der Waals surface area contributed by atoms with Gasteiger partial charge in [0.2, 0.25) is 0 Å². The molecule has 20 heavy (non-hydrogen) atoms. The van der Waals surface area contributed by atoms with Crippen molar-refractivity contribution in [3.05, 3.63) is 24.5 Å². The second-order valence-corrected chi connectivity index (χ2v) is 5.70. The van der Waals surface area contributed by atoms with Gasteiger partial charge in [-0.25, -0.2) is 0 Å². The zero-order chi connectivity index (χ0) is 14.3. The molecule has 1 N–H and O–H groups in total. The Morgan fingerprint density at radius 3 is 1.80 bits per heavy atom. The van der Waals surface area contributed by atoms with Gasteiger partial charge in [-0.15, -0.1) is 0 Å². The van der Waals surface area contributed by atoms with Crippen molar-refractivity contribution in [2.75, 3.05) is 11.9 Å². The number of nitrogens with one attached hydrogen (secondary N) is 1. The molecule has 0 unspecified atom stereocenters. The van der Waals surface area contributed by atoms with E-state index in [4.69, 9.17) is 0 Å². The predicted molar refractivity (Wildman–Crippen MR) is 89.2 cm³/mol. The summed E-state index contributed by atoms with van der Waals surface area (Å²) in [7, 11) is 0. The fourth-order valence-electron chi connectivity index (χ4n) is 2.49. The van der Waals surface area contributed by atoms with Crippen LogP contribution in [0.15, 0.2) is 24.5 Å². The van der Waals surface area contributed by atoms with Crippen molar-refractivity contribution < 1.29 is 0 Å². The van der Waals surface area contributed by atoms with Crippen LogP contribution < -0.4 is 5.32 Å². The molecule has 0 atom stereocenters. The molecule has 1 aromatic rings. The van der Waals surface area contributed by atoms with Crippen LogP contribution in [0.1, 0.15) is 77.6 Å². The largest absolute Gasteiger partial charge is 0.385 e. The molecule has 0 radical (unpaired) electrons. The van der Waals surface area contributed by atoms with Crippen molar-refractivity contribution in [2.24, 2.45) is 0 Å². The van der Waals surface area contributed by atoms with E-state index in [1.165, 1.54) is 76.3 Å². The molecule has 0 spiro atoms. The molecule has 0 amide bonds. The average molecular weight is 276 g/mol. The first kappa shape index (κ1) is 17.0. The minimum absolute atomic E-state index is 1.08. The summed E-state index contributed by atoms with van der Waals surface area (Å²) in [4.78, 5) is 4.01. The third-order valence-corrected chi connectivity index (χ3v) is 3.79. The van der Waals surface area contributed by atoms with Crippen LogP contribution in [0.25, 0.3) is 0 Å². The van der Waals surface area contributed by atoms with Crippen LogP contribution in [0.4, 0.5) is 5.69 Å². The van der Waals surface area contributed by atoms with E-state index >= 15 is 0 Å². The van der Waals surface area contributed by atoms with Crippen LogP contribution in [0.2, 0.25) is 0 Å². The molecule has 0 aliphatic heterocycles. The molecular formula is C18H32N2. The number of anilines is 1. The first-order valence-corrected chi connectivity index (χ1v) is 8.57. The van der Waals surface area contributed by atoms with Crippen LogP contribution in [0.5, 0.6) is 0 Å². The molecule has 1 heterocycles. The van der Waals surface area contributed by atoms with Gasteiger partial charge in [0.05, 0.1) is 0 Å². The molecule has 2 heteroatoms. The summed E-state index contributed by atoms with van der Waals surface area (Å²) in [5.41, 5.74) is 1.19. The average Bonchev–Trinajstić information content (AvgIpc) is 2.49. The summed E-state index contributed by atoms with van der Waals surface area (Å²) in [5, 5.41) is 3.44. The lowest BCUT2D eigenvalue weighted by Crippen LogP contribution is -2.01. The van der Waals surface area contributed by atoms with Crippen molar-refractivity contribution in [3.63, 3.8) is 0 Å². The summed E-state index contributed by atoms with van der Waals surface area (Å²) in [6.07, 6.45) is 19.1. The van der Waals surface area contributed by atoms with Crippen LogP contribution in [0.3, 0.4) is 0 Å². The zero-order valence-corrected chi connectivity index (χ0v) is 13.2. The summed E-state index contributed by atoms with van der Waals surface area (Å²) >= 11 is 0. The second-order valence-electron chi connectivity index (χ2n) is 5.70. The standard InChI is InChI=1S/C18H32N2/c1-2-3-4-5-6-7-8-9-10-11-12-15-20-18-13-16-19-17-14-18/h13-14,16-17H,2-12,15H2,1H3,(H,19,20). The van der Waals surface area contributed by atoms with Gasteiger partial charge in [0.15, 0.2) is 0 Å². The normalized spacial score (nSPS) is 10.7. The van der Waals surface area contributed by atoms with Crippen molar-refractivity contribution in [3.8, 4) is 0 Å². The van der Waals surface area contributed by atoms with Gasteiger partial charge < -0.3 is 5.32 Å². The number of pyridine rings is 1. The highest BCUT2D eigenvalue weighted by Gasteiger charge is 1.93. The zero-order valence-electron chi connectivity index (χ0n) is 13.2. The van der Waals surface area contributed by atoms with Crippen LogP contribution in [-0.2, 0) is 0 Å². The Hall–Kier alpha value is -1.05. The SMILES string of the molecule is CCCCCCCCCCCCCNc1ccncc1. The summed E-state index contributed by atoms with van der Waals surface area (Å²) in [6.45, 7) is 3.37. The van der Waals surface area contributed by atoms with Gasteiger partial charge in [0.25, 0.3) is 0 Å². The smallest absolute Gasteiger partial charge is 0.0371 e. The maximum absolute atomic E-state index is 4.01. The molecular weight excluding hydrogens is 244 g/mol. The molecule has 1 rings (SSSR count). The minimum atomic E-state index is 1.08. The topological polar surface area (TPSA) is 24.9 Å². The molecule has 1 aromatic heterocycles. The monoisotopic (exact) mass is 276 g/mol. The summed E-state index contributed by atoms with van der Waals surface area (Å²) in [6, 6.07) is 4.05. The Kier molecular flexibility index (Phi) is 11.0. The van der Waals surface area contributed by atoms with Gasteiger partial charge in [-0.3, -0.25) is 4.98 Å². The quantitative estimate of drug-likeness (QED) is 0.460. The van der Waals surface area contributed by atoms with E-state index in [0.29, 0.717) is 0 Å². The van der Waals surface area contributed by atoms with Gasteiger partial charge in [-0.05, 0) is 18.6 Å². The Morgan fingerprint density at radius 2 is 1.25 bits per heavy atom. The van der Waals surface area contributed by atoms with E-state index in [1.54, 1.807) is 0 Å². The van der Waals surface area contributed by atoms with Gasteiger partial charge in [-0.2, -0.15) is 0 Å². The lowest BCUT2D eigenvalue weighted by atomic mass is 10.1. The number of aromatic nitrogens is 1. The highest BCUT2D eigenvalue weighted by Crippen LogP contribution is 2.11. The Morgan fingerprint density at radius 1 is 0.750 bits per heavy atom. The molecule has 0 saturated heterocycles. The highest BCUT2D eigenvalue weighted by molar-refractivity contribution is 5.40. The Bertz CT molecular complexity index is 298. The first-order valence-electron chi connectivity index (χ1n) is 8.57. The molecule has 0 saturated carbocycles. The van der Waals surface area contributed by atoms with Gasteiger partial charge in [0.1, 0.15) is 0 Å². The first-order chi connectivity index (χ1) is 9.93. The van der Waals surface area contributed by atoms with E-state index in [1.807, 2.05) is 24.5 Å². The molecule has 0 aliphatic rings. The fraction of sp³-hybridized carbons (Fsp3) is 0.722. The molecule has 0 fully saturated rings. The van der Waals surface area contributed by atoms with Crippen molar-refractivity contribution in [2.45, 2.75) is 77.6 Å². The lowest BCUT2D eigenvalue weighted by Gasteiger charge is -2.05. The van der Waals surface area contributed by atoms with Gasteiger partial charge in [-0.1, -0.05) is 71.1 Å². The molecule has 2 nitrogen and oxygen atoms in total. The van der Waals surface area contributed by atoms with E-state index in [2.05, 4.69) is 17.2 Å². The molecule has 114 valence electrons. The molecule has 0 bridgehead atoms. The third kappa shape index (κ3) is 9.82. The van der Waals surface area contributed by atoms with Gasteiger partial charge in [0, 0.05) is 24.6 Å².